The van der Waals surface area contributed by atoms with Gasteiger partial charge in [-0.1, -0.05) is 30.9 Å². The minimum absolute atomic E-state index is 0.0879. The Labute approximate surface area is 124 Å². The quantitative estimate of drug-likeness (QED) is 0.816. The number of thiocarbonyl (C=S) groups is 1. The molecule has 3 nitrogen and oxygen atoms in total. The van der Waals surface area contributed by atoms with Crippen LogP contribution in [0.3, 0.4) is 0 Å². The van der Waals surface area contributed by atoms with Gasteiger partial charge in [0.05, 0.1) is 5.02 Å². The van der Waals surface area contributed by atoms with Crippen LogP contribution in [0.5, 0.6) is 5.75 Å². The number of phenols is 1. The predicted octanol–water partition coefficient (Wildman–Crippen LogP) is 3.69. The molecule has 1 fully saturated rings. The summed E-state index contributed by atoms with van der Waals surface area (Å²) in [6, 6.07) is 5.58. The van der Waals surface area contributed by atoms with E-state index in [0.717, 1.165) is 5.69 Å². The van der Waals surface area contributed by atoms with Gasteiger partial charge in [0.25, 0.3) is 0 Å². The van der Waals surface area contributed by atoms with Crippen LogP contribution in [0.1, 0.15) is 32.1 Å². The first-order valence-corrected chi connectivity index (χ1v) is 7.39. The fourth-order valence-corrected chi connectivity index (χ4v) is 2.79. The topological polar surface area (TPSA) is 35.5 Å². The molecule has 2 rings (SSSR count). The summed E-state index contributed by atoms with van der Waals surface area (Å²) in [7, 11) is 1.90. The summed E-state index contributed by atoms with van der Waals surface area (Å²) < 4.78 is 0. The zero-order chi connectivity index (χ0) is 13.8. The highest BCUT2D eigenvalue weighted by atomic mass is 35.5. The summed E-state index contributed by atoms with van der Waals surface area (Å²) in [5.41, 5.74) is 0.871. The Morgan fingerprint density at radius 1 is 1.37 bits per heavy atom. The van der Waals surface area contributed by atoms with E-state index in [1.54, 1.807) is 18.2 Å². The van der Waals surface area contributed by atoms with Gasteiger partial charge >= 0.3 is 0 Å². The first-order valence-electron chi connectivity index (χ1n) is 6.60. The van der Waals surface area contributed by atoms with Crippen molar-refractivity contribution in [1.82, 2.24) is 5.32 Å². The van der Waals surface area contributed by atoms with Crippen molar-refractivity contribution in [1.29, 1.82) is 0 Å². The van der Waals surface area contributed by atoms with Crippen LogP contribution >= 0.6 is 23.8 Å². The average molecular weight is 299 g/mol. The third-order valence-electron chi connectivity index (χ3n) is 3.56. The Morgan fingerprint density at radius 3 is 2.68 bits per heavy atom. The van der Waals surface area contributed by atoms with E-state index in [1.807, 2.05) is 11.9 Å². The van der Waals surface area contributed by atoms with Crippen molar-refractivity contribution in [2.75, 3.05) is 11.9 Å². The van der Waals surface area contributed by atoms with Crippen molar-refractivity contribution in [3.63, 3.8) is 0 Å². The molecule has 19 heavy (non-hydrogen) atoms. The molecule has 1 aromatic rings. The molecule has 5 heteroatoms. The Balaban J connectivity index is 1.99. The first kappa shape index (κ1) is 14.4. The van der Waals surface area contributed by atoms with Crippen LogP contribution in [-0.2, 0) is 0 Å². The average Bonchev–Trinajstić information content (AvgIpc) is 2.42. The minimum Gasteiger partial charge on any atom is -0.506 e. The van der Waals surface area contributed by atoms with Crippen molar-refractivity contribution in [2.45, 2.75) is 38.1 Å². The van der Waals surface area contributed by atoms with E-state index < -0.39 is 0 Å². The molecule has 1 aliphatic carbocycles. The SMILES string of the molecule is CN(C(=S)NC1CCCCC1)c1ccc(O)c(Cl)c1. The second-order valence-electron chi connectivity index (χ2n) is 4.98. The molecule has 0 aromatic heterocycles. The lowest BCUT2D eigenvalue weighted by molar-refractivity contribution is 0.414. The van der Waals surface area contributed by atoms with E-state index in [-0.39, 0.29) is 5.75 Å². The summed E-state index contributed by atoms with van der Waals surface area (Å²) in [5.74, 6) is 0.0879. The number of nitrogens with one attached hydrogen (secondary N) is 1. The number of anilines is 1. The van der Waals surface area contributed by atoms with Gasteiger partial charge in [0, 0.05) is 18.8 Å². The third-order valence-corrected chi connectivity index (χ3v) is 4.25. The van der Waals surface area contributed by atoms with Gasteiger partial charge in [-0.15, -0.1) is 0 Å². The van der Waals surface area contributed by atoms with E-state index in [4.69, 9.17) is 23.8 Å². The molecule has 0 unspecified atom stereocenters. The molecule has 0 bridgehead atoms. The van der Waals surface area contributed by atoms with Gasteiger partial charge in [-0.2, -0.15) is 0 Å². The number of phenolic OH excluding ortho intramolecular Hbond substituents is 1. The molecule has 0 heterocycles. The van der Waals surface area contributed by atoms with Gasteiger partial charge in [-0.3, -0.25) is 0 Å². The van der Waals surface area contributed by atoms with Crippen LogP contribution in [0.2, 0.25) is 5.02 Å². The van der Waals surface area contributed by atoms with Gasteiger partial charge in [0.2, 0.25) is 0 Å². The van der Waals surface area contributed by atoms with Crippen molar-refractivity contribution >= 4 is 34.6 Å². The normalized spacial score (nSPS) is 16.1. The lowest BCUT2D eigenvalue weighted by Gasteiger charge is -2.28. The standard InChI is InChI=1S/C14H19ClN2OS/c1-17(11-7-8-13(18)12(15)9-11)14(19)16-10-5-3-2-4-6-10/h7-10,18H,2-6H2,1H3,(H,16,19). The van der Waals surface area contributed by atoms with E-state index in [2.05, 4.69) is 5.32 Å². The summed E-state index contributed by atoms with van der Waals surface area (Å²) in [5, 5.41) is 13.9. The fourth-order valence-electron chi connectivity index (χ4n) is 2.34. The van der Waals surface area contributed by atoms with E-state index in [0.29, 0.717) is 16.2 Å². The second-order valence-corrected chi connectivity index (χ2v) is 5.77. The van der Waals surface area contributed by atoms with Crippen LogP contribution in [0.4, 0.5) is 5.69 Å². The molecule has 1 aliphatic rings. The summed E-state index contributed by atoms with van der Waals surface area (Å²) in [6.07, 6.45) is 6.24. The third kappa shape index (κ3) is 3.74. The lowest BCUT2D eigenvalue weighted by Crippen LogP contribution is -2.43. The molecular weight excluding hydrogens is 280 g/mol. The van der Waals surface area contributed by atoms with Gasteiger partial charge < -0.3 is 15.3 Å². The Kier molecular flexibility index (Phi) is 4.88. The molecule has 1 aromatic carbocycles. The second kappa shape index (κ2) is 6.44. The summed E-state index contributed by atoms with van der Waals surface area (Å²) in [4.78, 5) is 1.88. The number of hydrogen-bond acceptors (Lipinski definition) is 2. The number of aromatic hydroxyl groups is 1. The molecule has 0 atom stereocenters. The number of halogens is 1. The molecule has 0 aliphatic heterocycles. The zero-order valence-electron chi connectivity index (χ0n) is 11.0. The van der Waals surface area contributed by atoms with E-state index in [9.17, 15) is 5.11 Å². The number of benzene rings is 1. The van der Waals surface area contributed by atoms with Crippen molar-refractivity contribution in [3.8, 4) is 5.75 Å². The molecule has 1 saturated carbocycles. The van der Waals surface area contributed by atoms with E-state index in [1.165, 1.54) is 32.1 Å². The van der Waals surface area contributed by atoms with Crippen LogP contribution in [-0.4, -0.2) is 23.3 Å². The van der Waals surface area contributed by atoms with Crippen molar-refractivity contribution in [3.05, 3.63) is 23.2 Å². The highest BCUT2D eigenvalue weighted by Crippen LogP contribution is 2.28. The smallest absolute Gasteiger partial charge is 0.173 e. The van der Waals surface area contributed by atoms with Gasteiger partial charge in [-0.25, -0.2) is 0 Å². The Morgan fingerprint density at radius 2 is 2.05 bits per heavy atom. The maximum Gasteiger partial charge on any atom is 0.173 e. The predicted molar refractivity (Wildman–Crippen MR) is 84.1 cm³/mol. The highest BCUT2D eigenvalue weighted by molar-refractivity contribution is 7.80. The van der Waals surface area contributed by atoms with Crippen molar-refractivity contribution < 1.29 is 5.11 Å². The van der Waals surface area contributed by atoms with Crippen LogP contribution in [0.15, 0.2) is 18.2 Å². The summed E-state index contributed by atoms with van der Waals surface area (Å²) >= 11 is 11.3. The van der Waals surface area contributed by atoms with Crippen LogP contribution < -0.4 is 10.2 Å². The lowest BCUT2D eigenvalue weighted by atomic mass is 9.96. The molecule has 0 radical (unpaired) electrons. The molecule has 0 amide bonds. The molecule has 0 saturated heterocycles. The van der Waals surface area contributed by atoms with Gasteiger partial charge in [-0.05, 0) is 43.3 Å². The molecule has 104 valence electrons. The summed E-state index contributed by atoms with van der Waals surface area (Å²) in [6.45, 7) is 0. The Bertz CT molecular complexity index is 461. The zero-order valence-corrected chi connectivity index (χ0v) is 12.6. The molecule has 2 N–H and O–H groups in total. The molecular formula is C14H19ClN2OS. The maximum absolute atomic E-state index is 9.43. The van der Waals surface area contributed by atoms with Crippen molar-refractivity contribution in [2.24, 2.45) is 0 Å². The maximum atomic E-state index is 9.43. The first-order chi connectivity index (χ1) is 9.08. The van der Waals surface area contributed by atoms with Gasteiger partial charge in [0.15, 0.2) is 5.11 Å². The highest BCUT2D eigenvalue weighted by Gasteiger charge is 2.16. The Hall–Kier alpha value is -1.00. The number of rotatable bonds is 2. The minimum atomic E-state index is 0.0879. The van der Waals surface area contributed by atoms with Crippen LogP contribution in [0, 0.1) is 0 Å². The van der Waals surface area contributed by atoms with Crippen LogP contribution in [0.25, 0.3) is 0 Å². The number of hydrogen-bond donors (Lipinski definition) is 2. The van der Waals surface area contributed by atoms with Gasteiger partial charge in [0.1, 0.15) is 5.75 Å². The number of nitrogens with zero attached hydrogens (tertiary/aromatic N) is 1. The van der Waals surface area contributed by atoms with E-state index >= 15 is 0 Å². The fraction of sp³-hybridized carbons (Fsp3) is 0.500. The molecule has 0 spiro atoms. The monoisotopic (exact) mass is 298 g/mol. The largest absolute Gasteiger partial charge is 0.506 e.